The molecule has 4 nitrogen and oxygen atoms in total. The van der Waals surface area contributed by atoms with Gasteiger partial charge >= 0.3 is 6.09 Å². The highest BCUT2D eigenvalue weighted by Crippen LogP contribution is 2.20. The van der Waals surface area contributed by atoms with Gasteiger partial charge in [0.1, 0.15) is 5.60 Å². The molecule has 0 rings (SSSR count). The van der Waals surface area contributed by atoms with Crippen molar-refractivity contribution in [1.82, 2.24) is 4.90 Å². The van der Waals surface area contributed by atoms with E-state index in [2.05, 4.69) is 0 Å². The van der Waals surface area contributed by atoms with Crippen molar-refractivity contribution in [2.75, 3.05) is 20.2 Å². The maximum Gasteiger partial charge on any atom is 0.410 e. The minimum atomic E-state index is -3.10. The van der Waals surface area contributed by atoms with E-state index in [1.807, 2.05) is 0 Å². The number of nitrogens with zero attached hydrogens (tertiary/aromatic N) is 1. The topological polar surface area (TPSA) is 49.8 Å². The van der Waals surface area contributed by atoms with Crippen LogP contribution in [-0.4, -0.2) is 47.8 Å². The van der Waals surface area contributed by atoms with E-state index in [1.165, 1.54) is 7.05 Å². The summed E-state index contributed by atoms with van der Waals surface area (Å²) in [7, 11) is 1.24. The zero-order chi connectivity index (χ0) is 13.0. The van der Waals surface area contributed by atoms with Gasteiger partial charge in [0.05, 0.1) is 6.54 Å². The first kappa shape index (κ1) is 15.1. The summed E-state index contributed by atoms with van der Waals surface area (Å²) in [6.45, 7) is 3.59. The Morgan fingerprint density at radius 3 is 2.25 bits per heavy atom. The molecule has 0 saturated carbocycles. The summed E-state index contributed by atoms with van der Waals surface area (Å²) < 4.78 is 31.0. The molecule has 0 aliphatic heterocycles. The number of aliphatic hydroxyl groups is 1. The maximum atomic E-state index is 13.1. The van der Waals surface area contributed by atoms with Gasteiger partial charge in [-0.1, -0.05) is 0 Å². The fourth-order valence-corrected chi connectivity index (χ4v) is 0.994. The van der Waals surface area contributed by atoms with Crippen molar-refractivity contribution < 1.29 is 23.4 Å². The van der Waals surface area contributed by atoms with Gasteiger partial charge in [-0.15, -0.1) is 0 Å². The molecule has 6 heteroatoms. The molecule has 0 unspecified atom stereocenters. The molecule has 0 aromatic rings. The van der Waals surface area contributed by atoms with Gasteiger partial charge < -0.3 is 14.7 Å². The second-order valence-electron chi connectivity index (χ2n) is 4.67. The number of rotatable bonds is 4. The van der Waals surface area contributed by atoms with Crippen molar-refractivity contribution in [3.05, 3.63) is 0 Å². The van der Waals surface area contributed by atoms with Crippen LogP contribution >= 0.6 is 0 Å². The van der Waals surface area contributed by atoms with Crippen molar-refractivity contribution in [1.29, 1.82) is 0 Å². The lowest BCUT2D eigenvalue weighted by molar-refractivity contribution is -0.0505. The van der Waals surface area contributed by atoms with Gasteiger partial charge in [0.15, 0.2) is 0 Å². The van der Waals surface area contributed by atoms with Crippen molar-refractivity contribution in [3.8, 4) is 0 Å². The summed E-state index contributed by atoms with van der Waals surface area (Å²) in [5.74, 6) is -3.10. The van der Waals surface area contributed by atoms with Crippen LogP contribution < -0.4 is 0 Å². The molecular formula is C10H19F2NO3. The molecule has 0 saturated heterocycles. The standard InChI is InChI=1S/C10H19F2NO3/c1-9(2,3)16-8(15)13(4)7-10(11,12)5-6-14/h14H,5-7H2,1-4H3. The average Bonchev–Trinajstić information content (AvgIpc) is 1.99. The number of hydrogen-bond acceptors (Lipinski definition) is 3. The highest BCUT2D eigenvalue weighted by molar-refractivity contribution is 5.67. The van der Waals surface area contributed by atoms with E-state index in [0.717, 1.165) is 4.90 Å². The van der Waals surface area contributed by atoms with Crippen LogP contribution in [0, 0.1) is 0 Å². The van der Waals surface area contributed by atoms with Gasteiger partial charge in [-0.05, 0) is 20.8 Å². The Morgan fingerprint density at radius 2 is 1.88 bits per heavy atom. The number of halogens is 2. The van der Waals surface area contributed by atoms with Gasteiger partial charge in [-0.3, -0.25) is 0 Å². The third kappa shape index (κ3) is 6.55. The molecular weight excluding hydrogens is 220 g/mol. The van der Waals surface area contributed by atoms with Crippen LogP contribution in [0.3, 0.4) is 0 Å². The molecule has 0 heterocycles. The van der Waals surface area contributed by atoms with Crippen LogP contribution in [0.4, 0.5) is 13.6 Å². The fraction of sp³-hybridized carbons (Fsp3) is 0.900. The Morgan fingerprint density at radius 1 is 1.38 bits per heavy atom. The van der Waals surface area contributed by atoms with Crippen LogP contribution in [-0.2, 0) is 4.74 Å². The summed E-state index contributed by atoms with van der Waals surface area (Å²) >= 11 is 0. The summed E-state index contributed by atoms with van der Waals surface area (Å²) in [4.78, 5) is 12.2. The van der Waals surface area contributed by atoms with Crippen molar-refractivity contribution >= 4 is 6.09 Å². The SMILES string of the molecule is CN(CC(F)(F)CCO)C(=O)OC(C)(C)C. The Labute approximate surface area is 94.2 Å². The molecule has 1 N–H and O–H groups in total. The summed E-state index contributed by atoms with van der Waals surface area (Å²) in [6, 6.07) is 0. The largest absolute Gasteiger partial charge is 0.444 e. The third-order valence-corrected chi connectivity index (χ3v) is 1.65. The molecule has 0 aromatic carbocycles. The first-order chi connectivity index (χ1) is 7.07. The second kappa shape index (κ2) is 5.43. The molecule has 1 amide bonds. The lowest BCUT2D eigenvalue weighted by Crippen LogP contribution is -2.41. The van der Waals surface area contributed by atoms with Crippen LogP contribution in [0.1, 0.15) is 27.2 Å². The minimum absolute atomic E-state index is 0.616. The number of ether oxygens (including phenoxy) is 1. The number of carbonyl (C=O) groups is 1. The first-order valence-electron chi connectivity index (χ1n) is 5.00. The number of aliphatic hydroxyl groups excluding tert-OH is 1. The number of alkyl halides is 2. The van der Waals surface area contributed by atoms with Crippen LogP contribution in [0.5, 0.6) is 0 Å². The van der Waals surface area contributed by atoms with Gasteiger partial charge in [0.2, 0.25) is 0 Å². The zero-order valence-electron chi connectivity index (χ0n) is 10.1. The average molecular weight is 239 g/mol. The molecule has 16 heavy (non-hydrogen) atoms. The monoisotopic (exact) mass is 239 g/mol. The molecule has 96 valence electrons. The van der Waals surface area contributed by atoms with Gasteiger partial charge in [0.25, 0.3) is 5.92 Å². The smallest absolute Gasteiger partial charge is 0.410 e. The lowest BCUT2D eigenvalue weighted by atomic mass is 10.2. The first-order valence-corrected chi connectivity index (χ1v) is 5.00. The molecule has 0 spiro atoms. The lowest BCUT2D eigenvalue weighted by Gasteiger charge is -2.27. The molecule has 0 radical (unpaired) electrons. The Balaban J connectivity index is 4.25. The van der Waals surface area contributed by atoms with E-state index in [9.17, 15) is 13.6 Å². The van der Waals surface area contributed by atoms with Crippen molar-refractivity contribution in [2.24, 2.45) is 0 Å². The fourth-order valence-electron chi connectivity index (χ4n) is 0.994. The van der Waals surface area contributed by atoms with Crippen LogP contribution in [0.15, 0.2) is 0 Å². The molecule has 0 fully saturated rings. The predicted molar refractivity (Wildman–Crippen MR) is 55.5 cm³/mol. The van der Waals surface area contributed by atoms with Gasteiger partial charge in [0, 0.05) is 20.1 Å². The minimum Gasteiger partial charge on any atom is -0.444 e. The molecule has 0 aliphatic rings. The number of carbonyl (C=O) groups excluding carboxylic acids is 1. The van der Waals surface area contributed by atoms with Crippen LogP contribution in [0.2, 0.25) is 0 Å². The normalized spacial score (nSPS) is 12.4. The Bertz CT molecular complexity index is 239. The summed E-state index contributed by atoms with van der Waals surface area (Å²) in [5, 5.41) is 8.43. The number of amides is 1. The highest BCUT2D eigenvalue weighted by atomic mass is 19.3. The van der Waals surface area contributed by atoms with Crippen LogP contribution in [0.25, 0.3) is 0 Å². The molecule has 0 bridgehead atoms. The molecule has 0 aromatic heterocycles. The molecule has 0 atom stereocenters. The van der Waals surface area contributed by atoms with E-state index >= 15 is 0 Å². The Kier molecular flexibility index (Phi) is 5.12. The summed E-state index contributed by atoms with van der Waals surface area (Å²) in [6.07, 6.45) is -1.47. The van der Waals surface area contributed by atoms with E-state index in [0.29, 0.717) is 0 Å². The van der Waals surface area contributed by atoms with Gasteiger partial charge in [-0.2, -0.15) is 0 Å². The highest BCUT2D eigenvalue weighted by Gasteiger charge is 2.33. The Hall–Kier alpha value is -0.910. The van der Waals surface area contributed by atoms with E-state index in [4.69, 9.17) is 9.84 Å². The van der Waals surface area contributed by atoms with Crippen molar-refractivity contribution in [2.45, 2.75) is 38.7 Å². The maximum absolute atomic E-state index is 13.1. The number of hydrogen-bond donors (Lipinski definition) is 1. The van der Waals surface area contributed by atoms with E-state index < -0.39 is 37.2 Å². The van der Waals surface area contributed by atoms with E-state index in [-0.39, 0.29) is 0 Å². The van der Waals surface area contributed by atoms with E-state index in [1.54, 1.807) is 20.8 Å². The third-order valence-electron chi connectivity index (χ3n) is 1.65. The van der Waals surface area contributed by atoms with Gasteiger partial charge in [-0.25, -0.2) is 13.6 Å². The molecule has 0 aliphatic carbocycles. The zero-order valence-corrected chi connectivity index (χ0v) is 10.1. The van der Waals surface area contributed by atoms with Crippen molar-refractivity contribution in [3.63, 3.8) is 0 Å². The second-order valence-corrected chi connectivity index (χ2v) is 4.67. The summed E-state index contributed by atoms with van der Waals surface area (Å²) in [5.41, 5.74) is -0.711. The quantitative estimate of drug-likeness (QED) is 0.814. The predicted octanol–water partition coefficient (Wildman–Crippen LogP) is 1.87.